The summed E-state index contributed by atoms with van der Waals surface area (Å²) in [6.45, 7) is -0.122. The molecule has 0 saturated heterocycles. The Balaban J connectivity index is 1.40. The van der Waals surface area contributed by atoms with Crippen LogP contribution < -0.4 is 5.32 Å². The fraction of sp³-hybridized carbons (Fsp3) is 0.480. The fourth-order valence-corrected chi connectivity index (χ4v) is 5.98. The summed E-state index contributed by atoms with van der Waals surface area (Å²) < 4.78 is 13.3. The number of aromatic nitrogens is 4. The van der Waals surface area contributed by atoms with Crippen LogP contribution in [0.3, 0.4) is 0 Å². The first kappa shape index (κ1) is 23.6. The van der Waals surface area contributed by atoms with E-state index in [1.54, 1.807) is 17.0 Å². The number of amides is 2. The summed E-state index contributed by atoms with van der Waals surface area (Å²) in [7, 11) is 0. The second-order valence-corrected chi connectivity index (χ2v) is 10.3. The van der Waals surface area contributed by atoms with Crippen LogP contribution in [0, 0.1) is 5.82 Å². The molecule has 184 valence electrons. The Hall–Kier alpha value is -3.14. The number of tetrazole rings is 1. The van der Waals surface area contributed by atoms with Crippen molar-refractivity contribution in [2.45, 2.75) is 76.0 Å². The first-order valence-electron chi connectivity index (χ1n) is 12.3. The Kier molecular flexibility index (Phi) is 7.17. The molecule has 1 aromatic carbocycles. The quantitative estimate of drug-likeness (QED) is 0.507. The van der Waals surface area contributed by atoms with Crippen molar-refractivity contribution in [1.29, 1.82) is 0 Å². The second kappa shape index (κ2) is 10.6. The van der Waals surface area contributed by atoms with Gasteiger partial charge in [0.15, 0.2) is 0 Å². The normalized spacial score (nSPS) is 17.5. The number of carbonyl (C=O) groups is 2. The lowest BCUT2D eigenvalue weighted by Crippen LogP contribution is -2.50. The SMILES string of the molecule is O=C(NC1CCCC1)[C@@H](c1cccs1)N(C(=O)Cn1nnc(-c2ccc(F)cc2)n1)C1CCCC1. The van der Waals surface area contributed by atoms with Gasteiger partial charge in [-0.25, -0.2) is 4.39 Å². The minimum Gasteiger partial charge on any atom is -0.351 e. The van der Waals surface area contributed by atoms with Crippen molar-refractivity contribution in [2.75, 3.05) is 0 Å². The third-order valence-electron chi connectivity index (χ3n) is 6.88. The summed E-state index contributed by atoms with van der Waals surface area (Å²) in [5, 5.41) is 17.6. The van der Waals surface area contributed by atoms with Gasteiger partial charge in [-0.05, 0) is 66.6 Å². The molecule has 1 atom stereocenters. The van der Waals surface area contributed by atoms with E-state index in [0.717, 1.165) is 56.2 Å². The van der Waals surface area contributed by atoms with Gasteiger partial charge in [-0.2, -0.15) is 4.80 Å². The van der Waals surface area contributed by atoms with Gasteiger partial charge in [-0.3, -0.25) is 9.59 Å². The third kappa shape index (κ3) is 5.42. The lowest BCUT2D eigenvalue weighted by molar-refractivity contribution is -0.144. The standard InChI is InChI=1S/C25H29FN6O2S/c26-18-13-11-17(12-14-18)24-28-30-31(29-24)16-22(33)32(20-8-3-4-9-20)23(21-10-5-15-35-21)25(34)27-19-6-1-2-7-19/h5,10-15,19-20,23H,1-4,6-9,16H2,(H,27,34)/t23-/m1/s1. The maximum atomic E-state index is 13.7. The van der Waals surface area contributed by atoms with E-state index in [2.05, 4.69) is 20.7 Å². The largest absolute Gasteiger partial charge is 0.351 e. The van der Waals surface area contributed by atoms with Gasteiger partial charge in [0, 0.05) is 22.5 Å². The van der Waals surface area contributed by atoms with E-state index in [4.69, 9.17) is 0 Å². The van der Waals surface area contributed by atoms with E-state index >= 15 is 0 Å². The van der Waals surface area contributed by atoms with Gasteiger partial charge in [0.1, 0.15) is 18.4 Å². The molecule has 3 aromatic rings. The number of halogens is 1. The minimum atomic E-state index is -0.675. The van der Waals surface area contributed by atoms with Crippen molar-refractivity contribution >= 4 is 23.2 Å². The van der Waals surface area contributed by atoms with Gasteiger partial charge >= 0.3 is 0 Å². The third-order valence-corrected chi connectivity index (χ3v) is 7.80. The van der Waals surface area contributed by atoms with Crippen LogP contribution >= 0.6 is 11.3 Å². The van der Waals surface area contributed by atoms with Crippen LogP contribution in [-0.2, 0) is 16.1 Å². The highest BCUT2D eigenvalue weighted by molar-refractivity contribution is 7.10. The Morgan fingerprint density at radius 3 is 2.49 bits per heavy atom. The molecule has 0 aliphatic heterocycles. The van der Waals surface area contributed by atoms with E-state index in [-0.39, 0.29) is 36.3 Å². The van der Waals surface area contributed by atoms with Crippen LogP contribution in [0.1, 0.15) is 62.3 Å². The van der Waals surface area contributed by atoms with E-state index in [0.29, 0.717) is 11.4 Å². The fourth-order valence-electron chi connectivity index (χ4n) is 5.16. The molecule has 2 aliphatic carbocycles. The summed E-state index contributed by atoms with van der Waals surface area (Å²) in [6, 6.07) is 9.14. The van der Waals surface area contributed by atoms with Crippen molar-refractivity contribution in [3.63, 3.8) is 0 Å². The number of thiophene rings is 1. The lowest BCUT2D eigenvalue weighted by Gasteiger charge is -2.35. The van der Waals surface area contributed by atoms with Gasteiger partial charge in [0.2, 0.25) is 17.6 Å². The maximum absolute atomic E-state index is 13.7. The van der Waals surface area contributed by atoms with Crippen molar-refractivity contribution in [3.8, 4) is 11.4 Å². The Labute approximate surface area is 207 Å². The molecule has 2 heterocycles. The zero-order valence-electron chi connectivity index (χ0n) is 19.5. The van der Waals surface area contributed by atoms with Crippen molar-refractivity contribution < 1.29 is 14.0 Å². The Morgan fingerprint density at radius 1 is 1.09 bits per heavy atom. The maximum Gasteiger partial charge on any atom is 0.248 e. The van der Waals surface area contributed by atoms with Crippen LogP contribution in [0.25, 0.3) is 11.4 Å². The molecular weight excluding hydrogens is 467 g/mol. The molecule has 2 fully saturated rings. The van der Waals surface area contributed by atoms with Crippen molar-refractivity contribution in [1.82, 2.24) is 30.4 Å². The smallest absolute Gasteiger partial charge is 0.248 e. The molecule has 2 saturated carbocycles. The average molecular weight is 497 g/mol. The highest BCUT2D eigenvalue weighted by atomic mass is 32.1. The predicted molar refractivity (Wildman–Crippen MR) is 130 cm³/mol. The van der Waals surface area contributed by atoms with E-state index in [9.17, 15) is 14.0 Å². The first-order valence-corrected chi connectivity index (χ1v) is 13.1. The van der Waals surface area contributed by atoms with Crippen molar-refractivity contribution in [3.05, 3.63) is 52.5 Å². The molecule has 0 bridgehead atoms. The molecule has 2 aliphatic rings. The number of hydrogen-bond acceptors (Lipinski definition) is 6. The lowest BCUT2D eigenvalue weighted by atomic mass is 10.1. The molecule has 2 aromatic heterocycles. The van der Waals surface area contributed by atoms with Gasteiger partial charge < -0.3 is 10.2 Å². The van der Waals surface area contributed by atoms with Crippen LogP contribution in [0.15, 0.2) is 41.8 Å². The molecule has 1 N–H and O–H groups in total. The van der Waals surface area contributed by atoms with Crippen LogP contribution in [-0.4, -0.2) is 49.0 Å². The molecule has 5 rings (SSSR count). The Bertz CT molecular complexity index is 1140. The summed E-state index contributed by atoms with van der Waals surface area (Å²) in [5.41, 5.74) is 0.616. The first-order chi connectivity index (χ1) is 17.1. The zero-order chi connectivity index (χ0) is 24.2. The monoisotopic (exact) mass is 496 g/mol. The van der Waals surface area contributed by atoms with Crippen LogP contribution in [0.2, 0.25) is 0 Å². The van der Waals surface area contributed by atoms with Crippen molar-refractivity contribution in [2.24, 2.45) is 0 Å². The predicted octanol–water partition coefficient (Wildman–Crippen LogP) is 4.11. The number of nitrogens with one attached hydrogen (secondary N) is 1. The van der Waals surface area contributed by atoms with E-state index < -0.39 is 6.04 Å². The molecule has 8 nitrogen and oxygen atoms in total. The number of rotatable bonds is 8. The summed E-state index contributed by atoms with van der Waals surface area (Å²) in [6.07, 6.45) is 8.01. The molecule has 0 radical (unpaired) electrons. The number of carbonyl (C=O) groups excluding carboxylic acids is 2. The van der Waals surface area contributed by atoms with Crippen LogP contribution in [0.5, 0.6) is 0 Å². The molecule has 0 unspecified atom stereocenters. The summed E-state index contributed by atoms with van der Waals surface area (Å²) >= 11 is 1.49. The van der Waals surface area contributed by atoms with E-state index in [1.807, 2.05) is 17.5 Å². The van der Waals surface area contributed by atoms with Gasteiger partial charge in [-0.15, -0.1) is 21.5 Å². The Morgan fingerprint density at radius 2 is 1.80 bits per heavy atom. The molecular formula is C25H29FN6O2S. The van der Waals surface area contributed by atoms with Gasteiger partial charge in [-0.1, -0.05) is 31.7 Å². The highest BCUT2D eigenvalue weighted by Gasteiger charge is 2.39. The average Bonchev–Trinajstić information content (AvgIpc) is 3.66. The number of hydrogen-bond donors (Lipinski definition) is 1. The molecule has 35 heavy (non-hydrogen) atoms. The minimum absolute atomic E-state index is 0.0102. The molecule has 10 heteroatoms. The second-order valence-electron chi connectivity index (χ2n) is 9.30. The summed E-state index contributed by atoms with van der Waals surface area (Å²) in [4.78, 5) is 31.2. The molecule has 2 amide bonds. The van der Waals surface area contributed by atoms with Gasteiger partial charge in [0.25, 0.3) is 0 Å². The summed E-state index contributed by atoms with van der Waals surface area (Å²) in [5.74, 6) is -0.351. The zero-order valence-corrected chi connectivity index (χ0v) is 20.3. The number of nitrogens with zero attached hydrogens (tertiary/aromatic N) is 5. The molecule has 0 spiro atoms. The van der Waals surface area contributed by atoms with Crippen LogP contribution in [0.4, 0.5) is 4.39 Å². The topological polar surface area (TPSA) is 93.0 Å². The van der Waals surface area contributed by atoms with E-state index in [1.165, 1.54) is 28.3 Å². The number of benzene rings is 1. The highest BCUT2D eigenvalue weighted by Crippen LogP contribution is 2.34. The van der Waals surface area contributed by atoms with Gasteiger partial charge in [0.05, 0.1) is 0 Å².